The average molecular weight is 431 g/mol. The lowest BCUT2D eigenvalue weighted by Gasteiger charge is -2.19. The molecule has 1 aliphatic heterocycles. The van der Waals surface area contributed by atoms with E-state index in [-0.39, 0.29) is 28.3 Å². The minimum atomic E-state index is -0.540. The lowest BCUT2D eigenvalue weighted by Crippen LogP contribution is -2.33. The Kier molecular flexibility index (Phi) is 5.76. The van der Waals surface area contributed by atoms with E-state index in [9.17, 15) is 19.3 Å². The molecule has 7 nitrogen and oxygen atoms in total. The third-order valence-electron chi connectivity index (χ3n) is 4.81. The quantitative estimate of drug-likeness (QED) is 0.313. The smallest absolute Gasteiger partial charge is 0.282 e. The van der Waals surface area contributed by atoms with Gasteiger partial charge < -0.3 is 4.74 Å². The molecule has 0 aliphatic carbocycles. The number of hydrogen-bond acceptors (Lipinski definition) is 5. The summed E-state index contributed by atoms with van der Waals surface area (Å²) < 4.78 is 20.0. The number of nitro benzene ring substituents is 1. The zero-order valence-electron chi connectivity index (χ0n) is 17.1. The Morgan fingerprint density at radius 2 is 1.75 bits per heavy atom. The maximum Gasteiger partial charge on any atom is 0.282 e. The maximum absolute atomic E-state index is 14.6. The summed E-state index contributed by atoms with van der Waals surface area (Å²) in [5.41, 5.74) is 0.638. The van der Waals surface area contributed by atoms with Crippen LogP contribution in [0.1, 0.15) is 18.1 Å². The Morgan fingerprint density at radius 3 is 2.44 bits per heavy atom. The third-order valence-corrected chi connectivity index (χ3v) is 4.81. The van der Waals surface area contributed by atoms with Gasteiger partial charge in [0.1, 0.15) is 17.3 Å². The van der Waals surface area contributed by atoms with Crippen LogP contribution >= 0.6 is 0 Å². The summed E-state index contributed by atoms with van der Waals surface area (Å²) >= 11 is 0. The third kappa shape index (κ3) is 3.98. The molecular formula is C24H18FN3O4. The first-order valence-corrected chi connectivity index (χ1v) is 9.85. The topological polar surface area (TPSA) is 85.0 Å². The first kappa shape index (κ1) is 20.9. The Hall–Kier alpha value is -4.33. The van der Waals surface area contributed by atoms with Crippen molar-refractivity contribution in [3.05, 3.63) is 106 Å². The Bertz CT molecular complexity index is 1250. The molecule has 0 unspecified atom stereocenters. The zero-order chi connectivity index (χ0) is 22.7. The predicted molar refractivity (Wildman–Crippen MR) is 119 cm³/mol. The molecule has 0 saturated carbocycles. The SMILES string of the molecule is CCOc1ccc(N2C(=O)/C(=C\c3ccccc3[N+](=O)[O-])N=C2c2ccccc2F)cc1. The molecule has 0 spiro atoms. The molecule has 1 heterocycles. The fraction of sp³-hybridized carbons (Fsp3) is 0.0833. The molecule has 8 heteroatoms. The molecule has 3 aromatic rings. The second-order valence-corrected chi connectivity index (χ2v) is 6.83. The average Bonchev–Trinajstić information content (AvgIpc) is 3.11. The van der Waals surface area contributed by atoms with E-state index in [4.69, 9.17) is 4.74 Å². The summed E-state index contributed by atoms with van der Waals surface area (Å²) in [6.07, 6.45) is 1.34. The van der Waals surface area contributed by atoms with Crippen molar-refractivity contribution in [3.63, 3.8) is 0 Å². The van der Waals surface area contributed by atoms with Crippen molar-refractivity contribution in [1.82, 2.24) is 0 Å². The van der Waals surface area contributed by atoms with Crippen LogP contribution in [0.4, 0.5) is 15.8 Å². The van der Waals surface area contributed by atoms with E-state index in [1.807, 2.05) is 6.92 Å². The lowest BCUT2D eigenvalue weighted by molar-refractivity contribution is -0.385. The number of aliphatic imine (C=N–C) groups is 1. The number of benzene rings is 3. The summed E-state index contributed by atoms with van der Waals surface area (Å²) in [4.78, 5) is 29.8. The summed E-state index contributed by atoms with van der Waals surface area (Å²) in [7, 11) is 0. The first-order valence-electron chi connectivity index (χ1n) is 9.85. The Labute approximate surface area is 183 Å². The van der Waals surface area contributed by atoms with Crippen LogP contribution in [0.3, 0.4) is 0 Å². The van der Waals surface area contributed by atoms with Crippen LogP contribution in [0.15, 0.2) is 83.5 Å². The van der Waals surface area contributed by atoms with E-state index in [2.05, 4.69) is 4.99 Å². The second-order valence-electron chi connectivity index (χ2n) is 6.83. The van der Waals surface area contributed by atoms with Gasteiger partial charge in [0.15, 0.2) is 5.84 Å². The van der Waals surface area contributed by atoms with Crippen LogP contribution in [0.25, 0.3) is 6.08 Å². The van der Waals surface area contributed by atoms with Crippen molar-refractivity contribution in [2.75, 3.05) is 11.5 Å². The molecule has 0 fully saturated rings. The van der Waals surface area contributed by atoms with E-state index in [1.165, 1.54) is 41.3 Å². The Morgan fingerprint density at radius 1 is 1.06 bits per heavy atom. The highest BCUT2D eigenvalue weighted by Gasteiger charge is 2.34. The van der Waals surface area contributed by atoms with Crippen LogP contribution in [-0.2, 0) is 4.79 Å². The van der Waals surface area contributed by atoms with Crippen LogP contribution in [-0.4, -0.2) is 23.3 Å². The molecule has 0 atom stereocenters. The second kappa shape index (κ2) is 8.81. The van der Waals surface area contributed by atoms with E-state index in [0.29, 0.717) is 18.0 Å². The number of amides is 1. The summed E-state index contributed by atoms with van der Waals surface area (Å²) in [5.74, 6) is -0.336. The largest absolute Gasteiger partial charge is 0.494 e. The van der Waals surface area contributed by atoms with Gasteiger partial charge >= 0.3 is 0 Å². The van der Waals surface area contributed by atoms with Crippen LogP contribution in [0.5, 0.6) is 5.75 Å². The number of anilines is 1. The van der Waals surface area contributed by atoms with Gasteiger partial charge in [-0.25, -0.2) is 9.38 Å². The molecule has 0 N–H and O–H groups in total. The maximum atomic E-state index is 14.6. The standard InChI is InChI=1S/C24H18FN3O4/c1-2-32-18-13-11-17(12-14-18)27-23(19-8-4-5-9-20(19)25)26-21(24(27)29)15-16-7-3-6-10-22(16)28(30)31/h3-15H,2H2,1H3/b21-15+. The highest BCUT2D eigenvalue weighted by atomic mass is 19.1. The molecular weight excluding hydrogens is 413 g/mol. The van der Waals surface area contributed by atoms with E-state index < -0.39 is 16.6 Å². The number of para-hydroxylation sites is 1. The fourth-order valence-corrected chi connectivity index (χ4v) is 3.36. The van der Waals surface area contributed by atoms with Gasteiger partial charge in [0, 0.05) is 6.07 Å². The van der Waals surface area contributed by atoms with Crippen molar-refractivity contribution >= 4 is 29.2 Å². The molecule has 1 aliphatic rings. The number of carbonyl (C=O) groups is 1. The number of amidine groups is 1. The van der Waals surface area contributed by atoms with Gasteiger partial charge in [0.25, 0.3) is 11.6 Å². The molecule has 0 bridgehead atoms. The summed E-state index contributed by atoms with van der Waals surface area (Å²) in [6.45, 7) is 2.35. The van der Waals surface area contributed by atoms with Crippen molar-refractivity contribution in [1.29, 1.82) is 0 Å². The first-order chi connectivity index (χ1) is 15.5. The van der Waals surface area contributed by atoms with Crippen molar-refractivity contribution in [2.24, 2.45) is 4.99 Å². The number of nitro groups is 1. The minimum absolute atomic E-state index is 0.0357. The molecule has 0 radical (unpaired) electrons. The Balaban J connectivity index is 1.83. The monoisotopic (exact) mass is 431 g/mol. The van der Waals surface area contributed by atoms with Gasteiger partial charge in [-0.05, 0) is 55.5 Å². The molecule has 1 amide bonds. The van der Waals surface area contributed by atoms with Crippen LogP contribution in [0, 0.1) is 15.9 Å². The number of ether oxygens (including phenoxy) is 1. The van der Waals surface area contributed by atoms with Crippen molar-refractivity contribution in [2.45, 2.75) is 6.92 Å². The highest BCUT2D eigenvalue weighted by molar-refractivity contribution is 6.33. The molecule has 32 heavy (non-hydrogen) atoms. The summed E-state index contributed by atoms with van der Waals surface area (Å²) in [6, 6.07) is 18.8. The van der Waals surface area contributed by atoms with Crippen LogP contribution < -0.4 is 9.64 Å². The number of rotatable bonds is 6. The molecule has 0 saturated heterocycles. The molecule has 4 rings (SSSR count). The number of carbonyl (C=O) groups excluding carboxylic acids is 1. The molecule has 160 valence electrons. The van der Waals surface area contributed by atoms with E-state index in [1.54, 1.807) is 42.5 Å². The van der Waals surface area contributed by atoms with Crippen LogP contribution in [0.2, 0.25) is 0 Å². The van der Waals surface area contributed by atoms with Gasteiger partial charge in [-0.3, -0.25) is 19.8 Å². The minimum Gasteiger partial charge on any atom is -0.494 e. The van der Waals surface area contributed by atoms with E-state index >= 15 is 0 Å². The number of nitrogens with zero attached hydrogens (tertiary/aromatic N) is 3. The number of hydrogen-bond donors (Lipinski definition) is 0. The van der Waals surface area contributed by atoms with Crippen molar-refractivity contribution < 1.29 is 18.8 Å². The lowest BCUT2D eigenvalue weighted by atomic mass is 10.1. The molecule has 3 aromatic carbocycles. The van der Waals surface area contributed by atoms with Gasteiger partial charge in [-0.2, -0.15) is 0 Å². The van der Waals surface area contributed by atoms with Gasteiger partial charge in [-0.1, -0.05) is 24.3 Å². The van der Waals surface area contributed by atoms with Gasteiger partial charge in [-0.15, -0.1) is 0 Å². The number of halogens is 1. The normalized spacial score (nSPS) is 14.6. The van der Waals surface area contributed by atoms with Gasteiger partial charge in [0.05, 0.1) is 28.3 Å². The zero-order valence-corrected chi connectivity index (χ0v) is 17.1. The predicted octanol–water partition coefficient (Wildman–Crippen LogP) is 4.97. The fourth-order valence-electron chi connectivity index (χ4n) is 3.36. The van der Waals surface area contributed by atoms with Gasteiger partial charge in [0.2, 0.25) is 0 Å². The van der Waals surface area contributed by atoms with Crippen molar-refractivity contribution in [3.8, 4) is 5.75 Å². The highest BCUT2D eigenvalue weighted by Crippen LogP contribution is 2.31. The summed E-state index contributed by atoms with van der Waals surface area (Å²) in [5, 5.41) is 11.4. The van der Waals surface area contributed by atoms with E-state index in [0.717, 1.165) is 0 Å². The molecule has 0 aromatic heterocycles.